The van der Waals surface area contributed by atoms with Gasteiger partial charge in [0.15, 0.2) is 0 Å². The average molecular weight is 385 g/mol. The van der Waals surface area contributed by atoms with Crippen LogP contribution in [0.25, 0.3) is 10.9 Å². The van der Waals surface area contributed by atoms with Crippen LogP contribution in [0.5, 0.6) is 0 Å². The smallest absolute Gasteiger partial charge is 0.220 e. The zero-order valence-electron chi connectivity index (χ0n) is 15.3. The van der Waals surface area contributed by atoms with E-state index in [9.17, 15) is 4.79 Å². The van der Waals surface area contributed by atoms with Crippen molar-refractivity contribution in [2.24, 2.45) is 5.92 Å². The summed E-state index contributed by atoms with van der Waals surface area (Å²) in [5.74, 6) is 1.58. The Hall–Kier alpha value is -2.20. The van der Waals surface area contributed by atoms with E-state index in [1.807, 2.05) is 30.3 Å². The van der Waals surface area contributed by atoms with Gasteiger partial charge in [-0.2, -0.15) is 0 Å². The number of furan rings is 1. The molecule has 1 saturated carbocycles. The minimum absolute atomic E-state index is 0.0679. The van der Waals surface area contributed by atoms with Crippen LogP contribution < -0.4 is 5.32 Å². The van der Waals surface area contributed by atoms with Gasteiger partial charge in [-0.25, -0.2) is 0 Å². The molecule has 0 bridgehead atoms. The van der Waals surface area contributed by atoms with Crippen molar-refractivity contribution >= 4 is 28.4 Å². The summed E-state index contributed by atoms with van der Waals surface area (Å²) in [6, 6.07) is 9.63. The molecule has 0 unspecified atom stereocenters. The number of halogens is 1. The van der Waals surface area contributed by atoms with Crippen molar-refractivity contribution in [3.63, 3.8) is 0 Å². The molecule has 27 heavy (non-hydrogen) atoms. The number of fused-ring (bicyclic) bond motifs is 1. The quantitative estimate of drug-likeness (QED) is 0.565. The highest BCUT2D eigenvalue weighted by Crippen LogP contribution is 2.41. The molecule has 1 aromatic carbocycles. The maximum Gasteiger partial charge on any atom is 0.220 e. The number of carbonyl (C=O) groups excluding carboxylic acids is 1. The van der Waals surface area contributed by atoms with Crippen molar-refractivity contribution in [3.8, 4) is 0 Å². The number of hydrogen-bond acceptors (Lipinski definition) is 2. The van der Waals surface area contributed by atoms with E-state index in [1.165, 1.54) is 37.7 Å². The van der Waals surface area contributed by atoms with Crippen LogP contribution in [-0.2, 0) is 11.3 Å². The Morgan fingerprint density at radius 3 is 2.89 bits per heavy atom. The van der Waals surface area contributed by atoms with E-state index in [2.05, 4.69) is 16.5 Å². The summed E-state index contributed by atoms with van der Waals surface area (Å²) in [5, 5.41) is 4.87. The summed E-state index contributed by atoms with van der Waals surface area (Å²) in [6.07, 6.45) is 10.4. The molecule has 4 rings (SSSR count). The van der Waals surface area contributed by atoms with Gasteiger partial charge in [-0.3, -0.25) is 4.79 Å². The van der Waals surface area contributed by atoms with Crippen molar-refractivity contribution in [3.05, 3.63) is 59.1 Å². The van der Waals surface area contributed by atoms with Gasteiger partial charge in [0, 0.05) is 28.5 Å². The number of carbonyl (C=O) groups is 1. The SMILES string of the molecule is O=C(C[C@@H](c1c[nH]c2ccc(Cl)cc12)C1CCCCC1)NCc1ccco1. The topological polar surface area (TPSA) is 58.0 Å². The van der Waals surface area contributed by atoms with E-state index in [1.54, 1.807) is 6.26 Å². The highest BCUT2D eigenvalue weighted by Gasteiger charge is 2.29. The molecule has 1 atom stereocenters. The van der Waals surface area contributed by atoms with E-state index in [-0.39, 0.29) is 11.8 Å². The molecule has 4 nitrogen and oxygen atoms in total. The van der Waals surface area contributed by atoms with Gasteiger partial charge >= 0.3 is 0 Å². The first-order chi connectivity index (χ1) is 13.2. The molecule has 0 aliphatic heterocycles. The number of rotatable bonds is 6. The van der Waals surface area contributed by atoms with Gasteiger partial charge in [-0.05, 0) is 60.6 Å². The predicted octanol–water partition coefficient (Wildman–Crippen LogP) is 5.78. The van der Waals surface area contributed by atoms with E-state index in [0.29, 0.717) is 18.9 Å². The fourth-order valence-corrected chi connectivity index (χ4v) is 4.53. The molecule has 142 valence electrons. The number of aromatic amines is 1. The maximum absolute atomic E-state index is 12.7. The number of amides is 1. The summed E-state index contributed by atoms with van der Waals surface area (Å²) in [7, 11) is 0. The lowest BCUT2D eigenvalue weighted by atomic mass is 9.75. The normalized spacial score (nSPS) is 16.5. The van der Waals surface area contributed by atoms with Gasteiger partial charge in [-0.1, -0.05) is 30.9 Å². The third-order valence-electron chi connectivity index (χ3n) is 5.74. The Kier molecular flexibility index (Phi) is 5.53. The zero-order valence-corrected chi connectivity index (χ0v) is 16.1. The van der Waals surface area contributed by atoms with Crippen molar-refractivity contribution in [2.75, 3.05) is 0 Å². The van der Waals surface area contributed by atoms with Gasteiger partial charge in [-0.15, -0.1) is 0 Å². The van der Waals surface area contributed by atoms with Crippen molar-refractivity contribution in [1.82, 2.24) is 10.3 Å². The number of nitrogens with one attached hydrogen (secondary N) is 2. The van der Waals surface area contributed by atoms with Crippen LogP contribution in [-0.4, -0.2) is 10.9 Å². The van der Waals surface area contributed by atoms with Crippen molar-refractivity contribution < 1.29 is 9.21 Å². The van der Waals surface area contributed by atoms with Gasteiger partial charge in [0.25, 0.3) is 0 Å². The lowest BCUT2D eigenvalue weighted by Gasteiger charge is -2.30. The summed E-state index contributed by atoms with van der Waals surface area (Å²) in [5.41, 5.74) is 2.29. The Morgan fingerprint density at radius 1 is 1.26 bits per heavy atom. The number of benzene rings is 1. The minimum atomic E-state index is 0.0679. The molecular weight excluding hydrogens is 360 g/mol. The standard InChI is InChI=1S/C22H25ClN2O2/c23-16-8-9-21-19(11-16)20(14-24-21)18(15-5-2-1-3-6-15)12-22(26)25-13-17-7-4-10-27-17/h4,7-11,14-15,18,24H,1-3,5-6,12-13H2,(H,25,26)/t18-/m1/s1. The number of H-pyrrole nitrogens is 1. The van der Waals surface area contributed by atoms with Gasteiger partial charge < -0.3 is 14.7 Å². The first-order valence-corrected chi connectivity index (χ1v) is 10.1. The average Bonchev–Trinajstić information content (AvgIpc) is 3.35. The lowest BCUT2D eigenvalue weighted by Crippen LogP contribution is -2.27. The summed E-state index contributed by atoms with van der Waals surface area (Å²) >= 11 is 6.25. The van der Waals surface area contributed by atoms with E-state index < -0.39 is 0 Å². The van der Waals surface area contributed by atoms with Crippen LogP contribution in [0.15, 0.2) is 47.2 Å². The fraction of sp³-hybridized carbons (Fsp3) is 0.409. The van der Waals surface area contributed by atoms with Crippen molar-refractivity contribution in [2.45, 2.75) is 51.0 Å². The number of hydrogen-bond donors (Lipinski definition) is 2. The molecular formula is C22H25ClN2O2. The fourth-order valence-electron chi connectivity index (χ4n) is 4.36. The molecule has 1 amide bonds. The molecule has 1 aliphatic rings. The summed E-state index contributed by atoms with van der Waals surface area (Å²) in [6.45, 7) is 0.433. The monoisotopic (exact) mass is 384 g/mol. The van der Waals surface area contributed by atoms with Crippen LogP contribution in [0, 0.1) is 5.92 Å². The highest BCUT2D eigenvalue weighted by molar-refractivity contribution is 6.31. The maximum atomic E-state index is 12.7. The third-order valence-corrected chi connectivity index (χ3v) is 5.97. The molecule has 0 radical (unpaired) electrons. The molecule has 3 aromatic rings. The van der Waals surface area contributed by atoms with Gasteiger partial charge in [0.1, 0.15) is 5.76 Å². The van der Waals surface area contributed by atoms with E-state index in [4.69, 9.17) is 16.0 Å². The second kappa shape index (κ2) is 8.22. The molecule has 0 saturated heterocycles. The molecule has 2 N–H and O–H groups in total. The number of aromatic nitrogens is 1. The molecule has 5 heteroatoms. The first kappa shape index (κ1) is 18.2. The van der Waals surface area contributed by atoms with E-state index in [0.717, 1.165) is 21.7 Å². The minimum Gasteiger partial charge on any atom is -0.467 e. The predicted molar refractivity (Wildman–Crippen MR) is 108 cm³/mol. The molecule has 1 aliphatic carbocycles. The third kappa shape index (κ3) is 4.22. The molecule has 2 heterocycles. The summed E-state index contributed by atoms with van der Waals surface area (Å²) < 4.78 is 5.31. The van der Waals surface area contributed by atoms with Crippen LogP contribution in [0.2, 0.25) is 5.02 Å². The van der Waals surface area contributed by atoms with Crippen molar-refractivity contribution in [1.29, 1.82) is 0 Å². The van der Waals surface area contributed by atoms with Gasteiger partial charge in [0.2, 0.25) is 5.91 Å². The first-order valence-electron chi connectivity index (χ1n) is 9.76. The Balaban J connectivity index is 1.56. The second-order valence-electron chi connectivity index (χ2n) is 7.50. The van der Waals surface area contributed by atoms with Crippen LogP contribution >= 0.6 is 11.6 Å². The van der Waals surface area contributed by atoms with Gasteiger partial charge in [0.05, 0.1) is 12.8 Å². The molecule has 0 spiro atoms. The Labute approximate surface area is 164 Å². The Morgan fingerprint density at radius 2 is 2.11 bits per heavy atom. The largest absolute Gasteiger partial charge is 0.467 e. The second-order valence-corrected chi connectivity index (χ2v) is 7.94. The van der Waals surface area contributed by atoms with Crippen LogP contribution in [0.4, 0.5) is 0 Å². The van der Waals surface area contributed by atoms with Crippen LogP contribution in [0.1, 0.15) is 55.8 Å². The molecule has 2 aromatic heterocycles. The highest BCUT2D eigenvalue weighted by atomic mass is 35.5. The summed E-state index contributed by atoms with van der Waals surface area (Å²) in [4.78, 5) is 16.1. The zero-order chi connectivity index (χ0) is 18.6. The van der Waals surface area contributed by atoms with Crippen LogP contribution in [0.3, 0.4) is 0 Å². The lowest BCUT2D eigenvalue weighted by molar-refractivity contribution is -0.122. The molecule has 1 fully saturated rings. The van der Waals surface area contributed by atoms with E-state index >= 15 is 0 Å². The Bertz CT molecular complexity index is 894.